The molecule has 0 amide bonds. The van der Waals surface area contributed by atoms with Crippen LogP contribution in [0.3, 0.4) is 0 Å². The molecular formula is C12H13BrN2SSi-. The van der Waals surface area contributed by atoms with E-state index in [1.54, 1.807) is 11.5 Å². The van der Waals surface area contributed by atoms with E-state index in [1.807, 2.05) is 6.20 Å². The third kappa shape index (κ3) is 1.77. The van der Waals surface area contributed by atoms with Crippen LogP contribution in [0.4, 0.5) is 0 Å². The van der Waals surface area contributed by atoms with Gasteiger partial charge in [-0.05, 0) is 22.0 Å². The summed E-state index contributed by atoms with van der Waals surface area (Å²) in [5.74, 6) is 0. The first-order valence-corrected chi connectivity index (χ1v) is 10.6. The smallest absolute Gasteiger partial charge is 0.0769 e. The molecule has 2 heterocycles. The van der Waals surface area contributed by atoms with E-state index in [2.05, 4.69) is 52.1 Å². The van der Waals surface area contributed by atoms with Gasteiger partial charge in [0.25, 0.3) is 0 Å². The SMILES string of the molecule is C[Si-](C)(C)c1cc2cc(Br)c3s[nH]cc3c2n1. The molecule has 17 heavy (non-hydrogen) atoms. The van der Waals surface area contributed by atoms with Gasteiger partial charge in [-0.3, -0.25) is 4.98 Å². The van der Waals surface area contributed by atoms with Crippen molar-refractivity contribution in [1.29, 1.82) is 0 Å². The van der Waals surface area contributed by atoms with Gasteiger partial charge in [0.05, 0.1) is 10.2 Å². The zero-order valence-corrected chi connectivity index (χ0v) is 13.4. The highest BCUT2D eigenvalue weighted by Crippen LogP contribution is 2.33. The lowest BCUT2D eigenvalue weighted by Gasteiger charge is -2.24. The molecule has 0 radical (unpaired) electrons. The Morgan fingerprint density at radius 2 is 2.06 bits per heavy atom. The molecule has 89 valence electrons. The number of hydrogen-bond donors (Lipinski definition) is 1. The van der Waals surface area contributed by atoms with E-state index in [9.17, 15) is 0 Å². The Kier molecular flexibility index (Phi) is 2.47. The summed E-state index contributed by atoms with van der Waals surface area (Å²) in [7, 11) is -1.33. The number of fused-ring (bicyclic) bond motifs is 3. The number of halogens is 1. The van der Waals surface area contributed by atoms with Crippen LogP contribution < -0.4 is 5.32 Å². The number of H-pyrrole nitrogens is 1. The standard InChI is InChI=1S/C12H13BrN2SSi/c1-17(2,3)10-5-7-4-9(13)12-8(6-14-16-12)11(7)15-10/h4-6,14H,1-3H3/q-1. The molecule has 0 spiro atoms. The number of hydrogen-bond acceptors (Lipinski definition) is 2. The molecule has 2 aromatic heterocycles. The minimum atomic E-state index is -1.33. The van der Waals surface area contributed by atoms with Gasteiger partial charge in [-0.15, -0.1) is 0 Å². The minimum Gasteiger partial charge on any atom is -0.317 e. The number of benzene rings is 1. The van der Waals surface area contributed by atoms with Crippen molar-refractivity contribution >= 4 is 61.8 Å². The average molecular weight is 325 g/mol. The second-order valence-electron chi connectivity index (χ2n) is 5.29. The third-order valence-corrected chi connectivity index (χ3v) is 6.49. The lowest BCUT2D eigenvalue weighted by Crippen LogP contribution is -2.38. The van der Waals surface area contributed by atoms with Crippen molar-refractivity contribution in [2.24, 2.45) is 0 Å². The fraction of sp³-hybridized carbons (Fsp3) is 0.250. The fourth-order valence-electron chi connectivity index (χ4n) is 1.97. The Hall–Kier alpha value is -0.653. The van der Waals surface area contributed by atoms with E-state index in [0.29, 0.717) is 0 Å². The van der Waals surface area contributed by atoms with Crippen LogP contribution in [0.1, 0.15) is 0 Å². The van der Waals surface area contributed by atoms with Gasteiger partial charge in [0.1, 0.15) is 0 Å². The first-order valence-electron chi connectivity index (χ1n) is 5.53. The highest BCUT2D eigenvalue weighted by molar-refractivity contribution is 9.10. The van der Waals surface area contributed by atoms with Crippen molar-refractivity contribution in [2.75, 3.05) is 0 Å². The molecule has 1 aromatic carbocycles. The molecular weight excluding hydrogens is 312 g/mol. The molecule has 5 heteroatoms. The van der Waals surface area contributed by atoms with Crippen molar-refractivity contribution in [1.82, 2.24) is 9.36 Å². The Labute approximate surface area is 113 Å². The summed E-state index contributed by atoms with van der Waals surface area (Å²) in [4.78, 5) is 4.85. The first kappa shape index (κ1) is 11.4. The van der Waals surface area contributed by atoms with Crippen LogP contribution >= 0.6 is 27.5 Å². The Morgan fingerprint density at radius 3 is 2.76 bits per heavy atom. The van der Waals surface area contributed by atoms with Gasteiger partial charge < -0.3 is 4.37 Å². The summed E-state index contributed by atoms with van der Waals surface area (Å²) >= 11 is 5.28. The van der Waals surface area contributed by atoms with Gasteiger partial charge in [0.15, 0.2) is 0 Å². The van der Waals surface area contributed by atoms with Crippen molar-refractivity contribution in [3.05, 3.63) is 22.8 Å². The van der Waals surface area contributed by atoms with E-state index >= 15 is 0 Å². The molecule has 2 nitrogen and oxygen atoms in total. The quantitative estimate of drug-likeness (QED) is 0.671. The van der Waals surface area contributed by atoms with E-state index in [0.717, 1.165) is 9.99 Å². The summed E-state index contributed by atoms with van der Waals surface area (Å²) in [5.41, 5.74) is 1.14. The van der Waals surface area contributed by atoms with Gasteiger partial charge in [0, 0.05) is 21.4 Å². The normalized spacial score (nSPS) is 12.7. The Balaban J connectivity index is 2.43. The summed E-state index contributed by atoms with van der Waals surface area (Å²) < 4.78 is 5.60. The molecule has 0 saturated heterocycles. The number of aromatic nitrogens is 2. The number of rotatable bonds is 1. The van der Waals surface area contributed by atoms with Gasteiger partial charge in [-0.1, -0.05) is 31.0 Å². The predicted octanol–water partition coefficient (Wildman–Crippen LogP) is 4.09. The van der Waals surface area contributed by atoms with Gasteiger partial charge in [-0.2, -0.15) is 19.6 Å². The molecule has 0 aliphatic heterocycles. The zero-order valence-electron chi connectivity index (χ0n) is 9.97. The van der Waals surface area contributed by atoms with E-state index < -0.39 is 8.07 Å². The van der Waals surface area contributed by atoms with Crippen LogP contribution in [-0.2, 0) is 0 Å². The van der Waals surface area contributed by atoms with Gasteiger partial charge >= 0.3 is 0 Å². The molecule has 3 aromatic rings. The lowest BCUT2D eigenvalue weighted by atomic mass is 10.2. The Bertz CT molecular complexity index is 708. The Morgan fingerprint density at radius 1 is 1.29 bits per heavy atom. The largest absolute Gasteiger partial charge is 0.317 e. The van der Waals surface area contributed by atoms with E-state index in [4.69, 9.17) is 4.98 Å². The number of aromatic amines is 1. The van der Waals surface area contributed by atoms with E-state index in [1.165, 1.54) is 20.8 Å². The van der Waals surface area contributed by atoms with Crippen LogP contribution in [0.5, 0.6) is 0 Å². The molecule has 0 atom stereocenters. The van der Waals surface area contributed by atoms with Crippen LogP contribution in [0.15, 0.2) is 22.8 Å². The maximum absolute atomic E-state index is 4.85. The fourth-order valence-corrected chi connectivity index (χ4v) is 4.42. The summed E-state index contributed by atoms with van der Waals surface area (Å²) in [5, 5.41) is 3.76. The zero-order chi connectivity index (χ0) is 12.2. The summed E-state index contributed by atoms with van der Waals surface area (Å²) in [6.07, 6.45) is 2.05. The molecule has 0 aliphatic rings. The summed E-state index contributed by atoms with van der Waals surface area (Å²) in [6.45, 7) is 7.00. The monoisotopic (exact) mass is 324 g/mol. The van der Waals surface area contributed by atoms with Crippen molar-refractivity contribution in [3.8, 4) is 0 Å². The molecule has 0 aliphatic carbocycles. The summed E-state index contributed by atoms with van der Waals surface area (Å²) in [6, 6.07) is 4.43. The topological polar surface area (TPSA) is 28.7 Å². The predicted molar refractivity (Wildman–Crippen MR) is 82.2 cm³/mol. The van der Waals surface area contributed by atoms with Crippen LogP contribution in [0.2, 0.25) is 19.6 Å². The highest BCUT2D eigenvalue weighted by Gasteiger charge is 2.13. The maximum atomic E-state index is 4.85. The highest BCUT2D eigenvalue weighted by atomic mass is 79.9. The molecule has 0 bridgehead atoms. The molecule has 0 fully saturated rings. The molecule has 1 N–H and O–H groups in total. The second kappa shape index (κ2) is 3.67. The van der Waals surface area contributed by atoms with Crippen molar-refractivity contribution in [2.45, 2.75) is 19.6 Å². The van der Waals surface area contributed by atoms with Gasteiger partial charge in [0.2, 0.25) is 0 Å². The van der Waals surface area contributed by atoms with Crippen molar-refractivity contribution < 1.29 is 0 Å². The van der Waals surface area contributed by atoms with E-state index in [-0.39, 0.29) is 0 Å². The molecule has 0 unspecified atom stereocenters. The first-order chi connectivity index (χ1) is 7.97. The minimum absolute atomic E-state index is 1.14. The molecule has 0 saturated carbocycles. The third-order valence-electron chi connectivity index (χ3n) is 2.93. The number of nitrogens with zero attached hydrogens (tertiary/aromatic N) is 1. The van der Waals surface area contributed by atoms with Crippen LogP contribution in [-0.4, -0.2) is 17.4 Å². The second-order valence-corrected chi connectivity index (χ2v) is 12.0. The number of nitrogens with one attached hydrogen (secondary N) is 1. The van der Waals surface area contributed by atoms with Crippen molar-refractivity contribution in [3.63, 3.8) is 0 Å². The molecule has 3 rings (SSSR count). The van der Waals surface area contributed by atoms with Crippen LogP contribution in [0.25, 0.3) is 21.0 Å². The maximum Gasteiger partial charge on any atom is 0.0769 e. The average Bonchev–Trinajstić information content (AvgIpc) is 2.78. The van der Waals surface area contributed by atoms with Crippen LogP contribution in [0, 0.1) is 0 Å². The lowest BCUT2D eigenvalue weighted by molar-refractivity contribution is 1.51. The van der Waals surface area contributed by atoms with Gasteiger partial charge in [-0.25, -0.2) is 0 Å².